The summed E-state index contributed by atoms with van der Waals surface area (Å²) in [5, 5.41) is 0. The lowest BCUT2D eigenvalue weighted by molar-refractivity contribution is -0.137. The molecule has 82 valence electrons. The van der Waals surface area contributed by atoms with Crippen LogP contribution in [0.1, 0.15) is 0 Å². The molecule has 1 rings (SSSR count). The molecule has 1 saturated heterocycles. The van der Waals surface area contributed by atoms with Crippen molar-refractivity contribution in [2.45, 2.75) is 19.6 Å². The minimum absolute atomic E-state index is 0.0933. The lowest BCUT2D eigenvalue weighted by Gasteiger charge is -2.28. The topological polar surface area (TPSA) is 38.8 Å². The van der Waals surface area contributed by atoms with Gasteiger partial charge in [0.2, 0.25) is 5.91 Å². The summed E-state index contributed by atoms with van der Waals surface area (Å²) in [5.74, 6) is 0.0933. The number of ether oxygens (including phenoxy) is 1. The van der Waals surface area contributed by atoms with Crippen molar-refractivity contribution >= 4 is 14.2 Å². The molecule has 1 heterocycles. The highest BCUT2D eigenvalue weighted by Crippen LogP contribution is 2.04. The quantitative estimate of drug-likeness (QED) is 0.653. The fraction of sp³-hybridized carbons (Fsp3) is 0.889. The number of rotatable bonds is 3. The molecular weight excluding hydrogens is 198 g/mol. The molecule has 0 saturated carbocycles. The predicted octanol–water partition coefficient (Wildman–Crippen LogP) is 0.697. The van der Waals surface area contributed by atoms with Gasteiger partial charge in [0, 0.05) is 13.1 Å². The van der Waals surface area contributed by atoms with Gasteiger partial charge in [0.25, 0.3) is 0 Å². The minimum Gasteiger partial charge on any atom is -0.408 e. The van der Waals surface area contributed by atoms with Crippen LogP contribution in [0.5, 0.6) is 0 Å². The maximum absolute atomic E-state index is 11.6. The summed E-state index contributed by atoms with van der Waals surface area (Å²) in [4.78, 5) is 13.4. The van der Waals surface area contributed by atoms with E-state index >= 15 is 0 Å². The summed E-state index contributed by atoms with van der Waals surface area (Å²) in [6.07, 6.45) is 0. The average molecular weight is 217 g/mol. The largest absolute Gasteiger partial charge is 0.408 e. The van der Waals surface area contributed by atoms with E-state index in [1.807, 2.05) is 4.90 Å². The summed E-state index contributed by atoms with van der Waals surface area (Å²) in [7, 11) is -1.56. The van der Waals surface area contributed by atoms with Gasteiger partial charge in [-0.1, -0.05) is 0 Å². The van der Waals surface area contributed by atoms with Crippen LogP contribution < -0.4 is 0 Å². The zero-order chi connectivity index (χ0) is 10.6. The Bertz CT molecular complexity index is 197. The second-order valence-electron chi connectivity index (χ2n) is 4.39. The van der Waals surface area contributed by atoms with E-state index in [4.69, 9.17) is 9.16 Å². The molecule has 0 unspecified atom stereocenters. The van der Waals surface area contributed by atoms with Crippen LogP contribution in [-0.4, -0.2) is 52.0 Å². The van der Waals surface area contributed by atoms with Gasteiger partial charge in [-0.3, -0.25) is 4.79 Å². The number of amides is 1. The molecule has 1 aliphatic heterocycles. The number of hydrogen-bond donors (Lipinski definition) is 0. The highest BCUT2D eigenvalue weighted by molar-refractivity contribution is 6.69. The Hall–Kier alpha value is -0.393. The van der Waals surface area contributed by atoms with E-state index in [2.05, 4.69) is 19.6 Å². The van der Waals surface area contributed by atoms with Crippen molar-refractivity contribution in [3.8, 4) is 0 Å². The van der Waals surface area contributed by atoms with E-state index in [0.29, 0.717) is 26.3 Å². The molecule has 1 aliphatic rings. The van der Waals surface area contributed by atoms with Crippen LogP contribution in [0, 0.1) is 0 Å². The van der Waals surface area contributed by atoms with Gasteiger partial charge in [-0.2, -0.15) is 0 Å². The maximum Gasteiger partial charge on any atom is 0.247 e. The third-order valence-corrected chi connectivity index (χ3v) is 3.00. The number of carbonyl (C=O) groups is 1. The Morgan fingerprint density at radius 3 is 2.43 bits per heavy atom. The molecule has 0 spiro atoms. The van der Waals surface area contributed by atoms with Crippen molar-refractivity contribution in [2.24, 2.45) is 0 Å². The lowest BCUT2D eigenvalue weighted by atomic mass is 10.4. The highest BCUT2D eigenvalue weighted by atomic mass is 28.4. The standard InChI is InChI=1S/C9H19NO3Si/c1-14(2,3)13-8-9(11)10-4-6-12-7-5-10/h4-8H2,1-3H3. The van der Waals surface area contributed by atoms with Gasteiger partial charge < -0.3 is 14.1 Å². The van der Waals surface area contributed by atoms with Gasteiger partial charge in [-0.25, -0.2) is 0 Å². The normalized spacial score (nSPS) is 18.4. The Balaban J connectivity index is 2.27. The molecule has 0 aromatic rings. The van der Waals surface area contributed by atoms with Gasteiger partial charge in [0.15, 0.2) is 8.32 Å². The van der Waals surface area contributed by atoms with Crippen molar-refractivity contribution in [3.05, 3.63) is 0 Å². The van der Waals surface area contributed by atoms with Crippen LogP contribution in [0.15, 0.2) is 0 Å². The number of morpholine rings is 1. The predicted molar refractivity (Wildman–Crippen MR) is 56.7 cm³/mol. The highest BCUT2D eigenvalue weighted by Gasteiger charge is 2.20. The minimum atomic E-state index is -1.56. The van der Waals surface area contributed by atoms with Crippen molar-refractivity contribution in [2.75, 3.05) is 32.9 Å². The first-order valence-corrected chi connectivity index (χ1v) is 8.39. The second-order valence-corrected chi connectivity index (χ2v) is 8.91. The van der Waals surface area contributed by atoms with Gasteiger partial charge in [0.05, 0.1) is 13.2 Å². The summed E-state index contributed by atoms with van der Waals surface area (Å²) in [6, 6.07) is 0. The maximum atomic E-state index is 11.6. The number of carbonyl (C=O) groups excluding carboxylic acids is 1. The fourth-order valence-corrected chi connectivity index (χ4v) is 1.74. The fourth-order valence-electron chi connectivity index (χ4n) is 1.18. The molecule has 1 fully saturated rings. The molecule has 0 atom stereocenters. The second kappa shape index (κ2) is 4.91. The molecule has 1 amide bonds. The molecular formula is C9H19NO3Si. The van der Waals surface area contributed by atoms with Gasteiger partial charge in [-0.05, 0) is 19.6 Å². The lowest BCUT2D eigenvalue weighted by Crippen LogP contribution is -2.44. The van der Waals surface area contributed by atoms with Crippen LogP contribution in [0.25, 0.3) is 0 Å². The average Bonchev–Trinajstić information content (AvgIpc) is 2.14. The van der Waals surface area contributed by atoms with Crippen molar-refractivity contribution in [1.29, 1.82) is 0 Å². The molecule has 0 aromatic heterocycles. The van der Waals surface area contributed by atoms with E-state index in [0.717, 1.165) is 0 Å². The van der Waals surface area contributed by atoms with Crippen molar-refractivity contribution in [3.63, 3.8) is 0 Å². The van der Waals surface area contributed by atoms with E-state index in [-0.39, 0.29) is 12.5 Å². The third kappa shape index (κ3) is 4.21. The van der Waals surface area contributed by atoms with E-state index in [1.54, 1.807) is 0 Å². The van der Waals surface area contributed by atoms with Crippen LogP contribution in [0.3, 0.4) is 0 Å². The SMILES string of the molecule is C[Si](C)(C)OCC(=O)N1CCOCC1. The Labute approximate surface area is 86.3 Å². The third-order valence-electron chi connectivity index (χ3n) is 1.99. The molecule has 0 N–H and O–H groups in total. The van der Waals surface area contributed by atoms with Gasteiger partial charge in [-0.15, -0.1) is 0 Å². The van der Waals surface area contributed by atoms with Gasteiger partial charge in [0.1, 0.15) is 6.61 Å². The van der Waals surface area contributed by atoms with Crippen LogP contribution >= 0.6 is 0 Å². The summed E-state index contributed by atoms with van der Waals surface area (Å²) >= 11 is 0. The van der Waals surface area contributed by atoms with Crippen molar-refractivity contribution in [1.82, 2.24) is 4.90 Å². The van der Waals surface area contributed by atoms with Crippen LogP contribution in [0.4, 0.5) is 0 Å². The van der Waals surface area contributed by atoms with E-state index in [1.165, 1.54) is 0 Å². The Morgan fingerprint density at radius 1 is 1.36 bits per heavy atom. The van der Waals surface area contributed by atoms with Crippen LogP contribution in [-0.2, 0) is 14.0 Å². The first kappa shape index (κ1) is 11.7. The zero-order valence-electron chi connectivity index (χ0n) is 9.21. The Morgan fingerprint density at radius 2 is 1.93 bits per heavy atom. The van der Waals surface area contributed by atoms with Crippen molar-refractivity contribution < 1.29 is 14.0 Å². The van der Waals surface area contributed by atoms with Gasteiger partial charge >= 0.3 is 0 Å². The van der Waals surface area contributed by atoms with Crippen LogP contribution in [0.2, 0.25) is 19.6 Å². The molecule has 0 aromatic carbocycles. The molecule has 5 heteroatoms. The summed E-state index contributed by atoms with van der Waals surface area (Å²) < 4.78 is 10.7. The monoisotopic (exact) mass is 217 g/mol. The van der Waals surface area contributed by atoms with E-state index < -0.39 is 8.32 Å². The molecule has 14 heavy (non-hydrogen) atoms. The molecule has 0 bridgehead atoms. The Kier molecular flexibility index (Phi) is 4.09. The summed E-state index contributed by atoms with van der Waals surface area (Å²) in [6.45, 7) is 9.19. The zero-order valence-corrected chi connectivity index (χ0v) is 10.2. The molecule has 0 aliphatic carbocycles. The first-order valence-electron chi connectivity index (χ1n) is 4.98. The molecule has 4 nitrogen and oxygen atoms in total. The van der Waals surface area contributed by atoms with E-state index in [9.17, 15) is 4.79 Å². The summed E-state index contributed by atoms with van der Waals surface area (Å²) in [5.41, 5.74) is 0. The number of hydrogen-bond acceptors (Lipinski definition) is 3. The molecule has 0 radical (unpaired) electrons. The smallest absolute Gasteiger partial charge is 0.247 e. The first-order chi connectivity index (χ1) is 6.49. The number of nitrogens with zero attached hydrogens (tertiary/aromatic N) is 1.